The van der Waals surface area contributed by atoms with Gasteiger partial charge in [-0.2, -0.15) is 4.98 Å². The van der Waals surface area contributed by atoms with Crippen molar-refractivity contribution in [3.8, 4) is 5.75 Å². The molecule has 3 rings (SSSR count). The second kappa shape index (κ2) is 7.41. The van der Waals surface area contributed by atoms with Crippen molar-refractivity contribution < 1.29 is 9.84 Å². The summed E-state index contributed by atoms with van der Waals surface area (Å²) < 4.78 is 7.47. The Bertz CT molecular complexity index is 811. The van der Waals surface area contributed by atoms with Gasteiger partial charge in [-0.05, 0) is 23.1 Å². The lowest BCUT2D eigenvalue weighted by atomic mass is 9.86. The first-order valence-electron chi connectivity index (χ1n) is 8.14. The molecule has 1 aromatic carbocycles. The van der Waals surface area contributed by atoms with Crippen molar-refractivity contribution in [2.24, 2.45) is 0 Å². The Labute approximate surface area is 151 Å². The fourth-order valence-corrected chi connectivity index (χ4v) is 3.12. The third-order valence-corrected chi connectivity index (χ3v) is 4.61. The van der Waals surface area contributed by atoms with Crippen LogP contribution in [0, 0.1) is 0 Å². The van der Waals surface area contributed by atoms with E-state index in [1.54, 1.807) is 23.0 Å². The predicted octanol–water partition coefficient (Wildman–Crippen LogP) is 2.95. The fourth-order valence-electron chi connectivity index (χ4n) is 2.39. The van der Waals surface area contributed by atoms with Crippen LogP contribution >= 0.6 is 11.8 Å². The van der Waals surface area contributed by atoms with Crippen LogP contribution in [0.5, 0.6) is 5.75 Å². The summed E-state index contributed by atoms with van der Waals surface area (Å²) in [4.78, 5) is 8.43. The number of aromatic nitrogens is 4. The number of rotatable bonds is 6. The van der Waals surface area contributed by atoms with Crippen LogP contribution in [0.1, 0.15) is 26.3 Å². The maximum absolute atomic E-state index is 10.2. The van der Waals surface area contributed by atoms with Gasteiger partial charge in [-0.3, -0.25) is 0 Å². The topological polar surface area (TPSA) is 72.5 Å². The molecule has 0 aliphatic carbocycles. The molecule has 0 aliphatic rings. The van der Waals surface area contributed by atoms with Crippen LogP contribution in [0.4, 0.5) is 0 Å². The van der Waals surface area contributed by atoms with Gasteiger partial charge in [0, 0.05) is 18.1 Å². The van der Waals surface area contributed by atoms with Gasteiger partial charge in [0.15, 0.2) is 0 Å². The number of thioether (sulfide) groups is 1. The number of ether oxygens (including phenoxy) is 1. The molecule has 6 nitrogen and oxygen atoms in total. The standard InChI is InChI=1S/C18H22N4O2S/c1-18(2,3)14-7-4-5-8-15(14)24-11-13(23)12-25-17-20-16-19-9-6-10-22(16)21-17/h4-10,13,23H,11-12H2,1-3H3. The molecule has 132 valence electrons. The Morgan fingerprint density at radius 2 is 2.04 bits per heavy atom. The molecule has 2 heterocycles. The minimum Gasteiger partial charge on any atom is -0.491 e. The normalized spacial score (nSPS) is 13.1. The molecular weight excluding hydrogens is 336 g/mol. The first kappa shape index (κ1) is 17.7. The molecule has 7 heteroatoms. The molecule has 25 heavy (non-hydrogen) atoms. The van der Waals surface area contributed by atoms with Crippen molar-refractivity contribution in [3.63, 3.8) is 0 Å². The molecule has 0 radical (unpaired) electrons. The second-order valence-corrected chi connectivity index (χ2v) is 7.77. The summed E-state index contributed by atoms with van der Waals surface area (Å²) in [7, 11) is 0. The van der Waals surface area contributed by atoms with Gasteiger partial charge in [0.2, 0.25) is 5.16 Å². The third kappa shape index (κ3) is 4.49. The zero-order chi connectivity index (χ0) is 17.9. The van der Waals surface area contributed by atoms with Crippen LogP contribution in [0.2, 0.25) is 0 Å². The van der Waals surface area contributed by atoms with Gasteiger partial charge in [0.05, 0.1) is 6.10 Å². The van der Waals surface area contributed by atoms with Gasteiger partial charge >= 0.3 is 0 Å². The van der Waals surface area contributed by atoms with E-state index < -0.39 is 6.10 Å². The van der Waals surface area contributed by atoms with E-state index in [4.69, 9.17) is 4.74 Å². The van der Waals surface area contributed by atoms with E-state index in [2.05, 4.69) is 41.9 Å². The number of benzene rings is 1. The van der Waals surface area contributed by atoms with Crippen molar-refractivity contribution in [2.75, 3.05) is 12.4 Å². The molecule has 1 atom stereocenters. The minimum atomic E-state index is -0.613. The Morgan fingerprint density at radius 1 is 1.24 bits per heavy atom. The Hall–Kier alpha value is -2.12. The molecule has 0 bridgehead atoms. The van der Waals surface area contributed by atoms with Crippen LogP contribution < -0.4 is 4.74 Å². The number of aliphatic hydroxyl groups excluding tert-OH is 1. The quantitative estimate of drug-likeness (QED) is 0.683. The van der Waals surface area contributed by atoms with Crippen LogP contribution in [0.15, 0.2) is 47.9 Å². The van der Waals surface area contributed by atoms with E-state index >= 15 is 0 Å². The summed E-state index contributed by atoms with van der Waals surface area (Å²) in [5.41, 5.74) is 1.12. The molecule has 1 unspecified atom stereocenters. The van der Waals surface area contributed by atoms with Crippen LogP contribution in [-0.2, 0) is 5.41 Å². The summed E-state index contributed by atoms with van der Waals surface area (Å²) in [6.45, 7) is 6.66. The van der Waals surface area contributed by atoms with Crippen molar-refractivity contribution in [1.82, 2.24) is 19.6 Å². The summed E-state index contributed by atoms with van der Waals surface area (Å²) >= 11 is 1.39. The average Bonchev–Trinajstić information content (AvgIpc) is 3.00. The Kier molecular flexibility index (Phi) is 5.24. The number of para-hydroxylation sites is 1. The van der Waals surface area contributed by atoms with Gasteiger partial charge in [-0.1, -0.05) is 50.7 Å². The largest absolute Gasteiger partial charge is 0.491 e. The lowest BCUT2D eigenvalue weighted by Gasteiger charge is -2.23. The highest BCUT2D eigenvalue weighted by atomic mass is 32.2. The molecule has 0 saturated carbocycles. The van der Waals surface area contributed by atoms with E-state index in [1.165, 1.54) is 11.8 Å². The number of hydrogen-bond acceptors (Lipinski definition) is 6. The monoisotopic (exact) mass is 358 g/mol. The average molecular weight is 358 g/mol. The highest BCUT2D eigenvalue weighted by molar-refractivity contribution is 7.99. The zero-order valence-electron chi connectivity index (χ0n) is 14.6. The smallest absolute Gasteiger partial charge is 0.253 e. The van der Waals surface area contributed by atoms with Gasteiger partial charge < -0.3 is 9.84 Å². The highest BCUT2D eigenvalue weighted by Crippen LogP contribution is 2.31. The summed E-state index contributed by atoms with van der Waals surface area (Å²) in [6.07, 6.45) is 2.86. The fraction of sp³-hybridized carbons (Fsp3) is 0.389. The van der Waals surface area contributed by atoms with Gasteiger partial charge in [-0.15, -0.1) is 5.10 Å². The van der Waals surface area contributed by atoms with Crippen molar-refractivity contribution in [3.05, 3.63) is 48.3 Å². The van der Waals surface area contributed by atoms with Crippen LogP contribution in [-0.4, -0.2) is 43.2 Å². The van der Waals surface area contributed by atoms with E-state index in [1.807, 2.05) is 18.2 Å². The zero-order valence-corrected chi connectivity index (χ0v) is 15.4. The lowest BCUT2D eigenvalue weighted by Crippen LogP contribution is -2.22. The van der Waals surface area contributed by atoms with E-state index in [0.717, 1.165) is 11.3 Å². The Morgan fingerprint density at radius 3 is 2.80 bits per heavy atom. The van der Waals surface area contributed by atoms with E-state index in [-0.39, 0.29) is 12.0 Å². The van der Waals surface area contributed by atoms with Crippen LogP contribution in [0.3, 0.4) is 0 Å². The first-order valence-corrected chi connectivity index (χ1v) is 9.12. The van der Waals surface area contributed by atoms with Gasteiger partial charge in [0.25, 0.3) is 5.78 Å². The summed E-state index contributed by atoms with van der Waals surface area (Å²) in [5, 5.41) is 15.1. The molecule has 2 aromatic heterocycles. The van der Waals surface area contributed by atoms with E-state index in [0.29, 0.717) is 16.7 Å². The molecule has 0 amide bonds. The SMILES string of the molecule is CC(C)(C)c1ccccc1OCC(O)CSc1nc2ncccn2n1. The molecular formula is C18H22N4O2S. The highest BCUT2D eigenvalue weighted by Gasteiger charge is 2.19. The number of hydrogen-bond donors (Lipinski definition) is 1. The maximum Gasteiger partial charge on any atom is 0.253 e. The van der Waals surface area contributed by atoms with Crippen LogP contribution in [0.25, 0.3) is 5.78 Å². The molecule has 0 saturated heterocycles. The van der Waals surface area contributed by atoms with Crippen molar-refractivity contribution >= 4 is 17.5 Å². The number of fused-ring (bicyclic) bond motifs is 1. The van der Waals surface area contributed by atoms with Crippen molar-refractivity contribution in [1.29, 1.82) is 0 Å². The molecule has 3 aromatic rings. The Balaban J connectivity index is 1.56. The minimum absolute atomic E-state index is 0.0102. The summed E-state index contributed by atoms with van der Waals surface area (Å²) in [5.74, 6) is 1.82. The van der Waals surface area contributed by atoms with Crippen molar-refractivity contribution in [2.45, 2.75) is 37.4 Å². The lowest BCUT2D eigenvalue weighted by molar-refractivity contribution is 0.125. The molecule has 0 aliphatic heterocycles. The summed E-state index contributed by atoms with van der Waals surface area (Å²) in [6, 6.07) is 9.74. The number of nitrogens with zero attached hydrogens (tertiary/aromatic N) is 4. The number of aliphatic hydroxyl groups is 1. The van der Waals surface area contributed by atoms with Gasteiger partial charge in [-0.25, -0.2) is 9.50 Å². The molecule has 1 N–H and O–H groups in total. The third-order valence-electron chi connectivity index (χ3n) is 3.63. The predicted molar refractivity (Wildman–Crippen MR) is 98.1 cm³/mol. The van der Waals surface area contributed by atoms with Gasteiger partial charge in [0.1, 0.15) is 12.4 Å². The van der Waals surface area contributed by atoms with E-state index in [9.17, 15) is 5.11 Å². The molecule has 0 spiro atoms. The molecule has 0 fully saturated rings. The second-order valence-electron chi connectivity index (χ2n) is 6.78. The maximum atomic E-state index is 10.2. The first-order chi connectivity index (χ1) is 11.9.